The summed E-state index contributed by atoms with van der Waals surface area (Å²) in [5.74, 6) is 0.0973. The lowest BCUT2D eigenvalue weighted by atomic mass is 9.89. The Balaban J connectivity index is 1.84. The maximum absolute atomic E-state index is 12.9. The van der Waals surface area contributed by atoms with Crippen LogP contribution in [0.3, 0.4) is 0 Å². The van der Waals surface area contributed by atoms with Gasteiger partial charge in [0.25, 0.3) is 0 Å². The third-order valence-corrected chi connectivity index (χ3v) is 6.53. The minimum absolute atomic E-state index is 0.0712. The number of carbonyl (C=O) groups excluding carboxylic acids is 1. The van der Waals surface area contributed by atoms with Gasteiger partial charge in [0.2, 0.25) is 15.9 Å². The number of nitrogens with one attached hydrogen (secondary N) is 2. The van der Waals surface area contributed by atoms with Crippen LogP contribution < -0.4 is 14.8 Å². The molecule has 1 aliphatic carbocycles. The molecular formula is C21H26N2O4S. The van der Waals surface area contributed by atoms with Gasteiger partial charge in [-0.05, 0) is 67.5 Å². The molecule has 28 heavy (non-hydrogen) atoms. The van der Waals surface area contributed by atoms with Gasteiger partial charge in [0.15, 0.2) is 0 Å². The van der Waals surface area contributed by atoms with Crippen LogP contribution in [0, 0.1) is 0 Å². The second kappa shape index (κ2) is 8.32. The van der Waals surface area contributed by atoms with Gasteiger partial charge in [0.05, 0.1) is 17.7 Å². The smallest absolute Gasteiger partial charge is 0.241 e. The third kappa shape index (κ3) is 4.54. The Morgan fingerprint density at radius 3 is 2.46 bits per heavy atom. The summed E-state index contributed by atoms with van der Waals surface area (Å²) in [6.07, 6.45) is 4.52. The number of anilines is 1. The van der Waals surface area contributed by atoms with Crippen LogP contribution in [0.5, 0.6) is 5.75 Å². The van der Waals surface area contributed by atoms with Gasteiger partial charge in [0.1, 0.15) is 5.75 Å². The fourth-order valence-electron chi connectivity index (χ4n) is 3.53. The highest BCUT2D eigenvalue weighted by atomic mass is 32.2. The quantitative estimate of drug-likeness (QED) is 0.774. The van der Waals surface area contributed by atoms with E-state index in [4.69, 9.17) is 4.74 Å². The summed E-state index contributed by atoms with van der Waals surface area (Å²) in [7, 11) is -2.31. The first-order valence-corrected chi connectivity index (χ1v) is 10.9. The van der Waals surface area contributed by atoms with Crippen LogP contribution in [0.15, 0.2) is 41.3 Å². The molecule has 1 atom stereocenters. The van der Waals surface area contributed by atoms with Crippen LogP contribution in [0.4, 0.5) is 5.69 Å². The van der Waals surface area contributed by atoms with Gasteiger partial charge in [-0.15, -0.1) is 0 Å². The molecule has 0 aliphatic heterocycles. The van der Waals surface area contributed by atoms with Crippen molar-refractivity contribution in [1.29, 1.82) is 0 Å². The molecule has 7 heteroatoms. The Kier molecular flexibility index (Phi) is 6.05. The van der Waals surface area contributed by atoms with Gasteiger partial charge >= 0.3 is 0 Å². The summed E-state index contributed by atoms with van der Waals surface area (Å²) in [6, 6.07) is 10.2. The van der Waals surface area contributed by atoms with E-state index in [-0.39, 0.29) is 16.8 Å². The molecule has 2 aromatic rings. The summed E-state index contributed by atoms with van der Waals surface area (Å²) in [6.45, 7) is 3.19. The molecule has 0 radical (unpaired) electrons. The van der Waals surface area contributed by atoms with Crippen LogP contribution in [-0.2, 0) is 27.7 Å². The average Bonchev–Trinajstić information content (AvgIpc) is 2.66. The third-order valence-electron chi connectivity index (χ3n) is 5.00. The highest BCUT2D eigenvalue weighted by Gasteiger charge is 2.21. The van der Waals surface area contributed by atoms with Gasteiger partial charge in [-0.3, -0.25) is 4.79 Å². The van der Waals surface area contributed by atoms with Gasteiger partial charge in [-0.1, -0.05) is 18.2 Å². The molecule has 2 N–H and O–H groups in total. The molecular weight excluding hydrogens is 376 g/mol. The van der Waals surface area contributed by atoms with Crippen molar-refractivity contribution in [3.05, 3.63) is 53.1 Å². The number of fused-ring (bicyclic) bond motifs is 1. The van der Waals surface area contributed by atoms with E-state index in [9.17, 15) is 13.2 Å². The normalized spacial score (nSPS) is 14.8. The number of benzene rings is 2. The number of amides is 1. The molecule has 0 spiro atoms. The molecule has 1 amide bonds. The molecule has 0 saturated heterocycles. The van der Waals surface area contributed by atoms with Gasteiger partial charge in [-0.25, -0.2) is 13.1 Å². The monoisotopic (exact) mass is 402 g/mol. The Bertz CT molecular complexity index is 986. The van der Waals surface area contributed by atoms with Crippen LogP contribution >= 0.6 is 0 Å². The number of carbonyl (C=O) groups is 1. The molecule has 0 heterocycles. The number of sulfonamides is 1. The number of hydrogen-bond donors (Lipinski definition) is 2. The molecule has 3 rings (SSSR count). The molecule has 150 valence electrons. The first-order chi connectivity index (χ1) is 13.3. The van der Waals surface area contributed by atoms with Crippen molar-refractivity contribution in [2.24, 2.45) is 0 Å². The summed E-state index contributed by atoms with van der Waals surface area (Å²) >= 11 is 0. The molecule has 0 saturated carbocycles. The number of hydrogen-bond acceptors (Lipinski definition) is 4. The highest BCUT2D eigenvalue weighted by molar-refractivity contribution is 7.89. The summed E-state index contributed by atoms with van der Waals surface area (Å²) in [5.41, 5.74) is 3.94. The van der Waals surface area contributed by atoms with E-state index in [1.54, 1.807) is 0 Å². The fraction of sp³-hybridized carbons (Fsp3) is 0.381. The average molecular weight is 403 g/mol. The van der Waals surface area contributed by atoms with E-state index in [0.29, 0.717) is 11.4 Å². The van der Waals surface area contributed by atoms with E-state index in [2.05, 4.69) is 22.2 Å². The van der Waals surface area contributed by atoms with Crippen LogP contribution in [0.1, 0.15) is 49.4 Å². The molecule has 0 bridgehead atoms. The topological polar surface area (TPSA) is 84.5 Å². The van der Waals surface area contributed by atoms with Crippen molar-refractivity contribution in [3.8, 4) is 5.75 Å². The zero-order valence-corrected chi connectivity index (χ0v) is 17.2. The van der Waals surface area contributed by atoms with Crippen LogP contribution in [0.2, 0.25) is 0 Å². The standard InChI is InChI=1S/C21H26N2O4S/c1-14(17-9-8-16-6-4-5-7-18(16)12-17)23-28(25,26)19-10-11-21(27-3)20(13-19)22-15(2)24/h8-14,23H,4-7H2,1-3H3,(H,22,24)/t14-/m0/s1. The Morgan fingerprint density at radius 1 is 1.07 bits per heavy atom. The lowest BCUT2D eigenvalue weighted by Gasteiger charge is -2.20. The number of rotatable bonds is 6. The minimum atomic E-state index is -3.77. The number of methoxy groups -OCH3 is 1. The van der Waals surface area contributed by atoms with Crippen molar-refractivity contribution in [3.63, 3.8) is 0 Å². The first-order valence-electron chi connectivity index (χ1n) is 9.40. The Labute approximate surface area is 166 Å². The maximum Gasteiger partial charge on any atom is 0.241 e. The largest absolute Gasteiger partial charge is 0.495 e. The van der Waals surface area contributed by atoms with Crippen molar-refractivity contribution >= 4 is 21.6 Å². The second-order valence-electron chi connectivity index (χ2n) is 7.12. The molecule has 0 aromatic heterocycles. The molecule has 0 fully saturated rings. The van der Waals surface area contributed by atoms with Gasteiger partial charge in [-0.2, -0.15) is 0 Å². The Hall–Kier alpha value is -2.38. The molecule has 6 nitrogen and oxygen atoms in total. The predicted molar refractivity (Wildman–Crippen MR) is 109 cm³/mol. The predicted octanol–water partition coefficient (Wildman–Crippen LogP) is 3.57. The maximum atomic E-state index is 12.9. The number of aryl methyl sites for hydroxylation is 2. The summed E-state index contributed by atoms with van der Waals surface area (Å²) in [4.78, 5) is 11.5. The molecule has 0 unspecified atom stereocenters. The first kappa shape index (κ1) is 20.4. The lowest BCUT2D eigenvalue weighted by Crippen LogP contribution is -2.27. The lowest BCUT2D eigenvalue weighted by molar-refractivity contribution is -0.114. The molecule has 1 aliphatic rings. The zero-order valence-electron chi connectivity index (χ0n) is 16.4. The SMILES string of the molecule is COc1ccc(S(=O)(=O)N[C@@H](C)c2ccc3c(c2)CCCC3)cc1NC(C)=O. The zero-order chi connectivity index (χ0) is 20.3. The van der Waals surface area contributed by atoms with Crippen LogP contribution in [0.25, 0.3) is 0 Å². The Morgan fingerprint density at radius 2 is 1.79 bits per heavy atom. The molecule has 2 aromatic carbocycles. The van der Waals surface area contributed by atoms with E-state index in [1.807, 2.05) is 13.0 Å². The van der Waals surface area contributed by atoms with Crippen molar-refractivity contribution < 1.29 is 17.9 Å². The van der Waals surface area contributed by atoms with E-state index in [1.165, 1.54) is 56.2 Å². The second-order valence-corrected chi connectivity index (χ2v) is 8.84. The fourth-order valence-corrected chi connectivity index (χ4v) is 4.79. The van der Waals surface area contributed by atoms with Crippen molar-refractivity contribution in [2.75, 3.05) is 12.4 Å². The van der Waals surface area contributed by atoms with E-state index >= 15 is 0 Å². The van der Waals surface area contributed by atoms with Crippen LogP contribution in [-0.4, -0.2) is 21.4 Å². The van der Waals surface area contributed by atoms with Crippen molar-refractivity contribution in [2.45, 2.75) is 50.5 Å². The van der Waals surface area contributed by atoms with E-state index < -0.39 is 10.0 Å². The minimum Gasteiger partial charge on any atom is -0.495 e. The van der Waals surface area contributed by atoms with Gasteiger partial charge < -0.3 is 10.1 Å². The highest BCUT2D eigenvalue weighted by Crippen LogP contribution is 2.29. The number of ether oxygens (including phenoxy) is 1. The van der Waals surface area contributed by atoms with Crippen molar-refractivity contribution in [1.82, 2.24) is 4.72 Å². The summed E-state index contributed by atoms with van der Waals surface area (Å²) < 4.78 is 33.7. The van der Waals surface area contributed by atoms with Gasteiger partial charge in [0, 0.05) is 13.0 Å². The van der Waals surface area contributed by atoms with E-state index in [0.717, 1.165) is 18.4 Å². The summed E-state index contributed by atoms with van der Waals surface area (Å²) in [5, 5.41) is 2.60.